The van der Waals surface area contributed by atoms with Crippen molar-refractivity contribution < 1.29 is 19.1 Å². The summed E-state index contributed by atoms with van der Waals surface area (Å²) in [6.07, 6.45) is 0. The molecular weight excluding hydrogens is 494 g/mol. The fourth-order valence-corrected chi connectivity index (χ4v) is 4.73. The molecule has 0 atom stereocenters. The summed E-state index contributed by atoms with van der Waals surface area (Å²) in [5, 5.41) is 8.86. The number of carbonyl (C=O) groups is 2. The van der Waals surface area contributed by atoms with Crippen LogP contribution < -0.4 is 14.4 Å². The first-order chi connectivity index (χ1) is 18.8. The number of piperazine rings is 1. The van der Waals surface area contributed by atoms with Gasteiger partial charge in [-0.15, -0.1) is 10.2 Å². The van der Waals surface area contributed by atoms with Crippen LogP contribution in [0.1, 0.15) is 29.8 Å². The monoisotopic (exact) mass is 531 g/mol. The molecule has 1 saturated heterocycles. The smallest absolute Gasteiger partial charge is 0.254 e. The molecule has 1 aliphatic heterocycles. The van der Waals surface area contributed by atoms with Gasteiger partial charge in [0, 0.05) is 43.9 Å². The van der Waals surface area contributed by atoms with Crippen LogP contribution in [0.5, 0.6) is 11.5 Å². The fraction of sp³-hybridized carbons (Fsp3) is 0.400. The molecule has 0 radical (unpaired) electrons. The van der Waals surface area contributed by atoms with E-state index < -0.39 is 0 Å². The second kappa shape index (κ2) is 12.6. The lowest BCUT2D eigenvalue weighted by atomic mass is 10.1. The molecule has 0 saturated carbocycles. The molecule has 0 unspecified atom stereocenters. The van der Waals surface area contributed by atoms with Crippen molar-refractivity contribution in [3.8, 4) is 22.8 Å². The Kier molecular flexibility index (Phi) is 9.01. The van der Waals surface area contributed by atoms with E-state index in [-0.39, 0.29) is 24.3 Å². The van der Waals surface area contributed by atoms with Crippen molar-refractivity contribution in [3.63, 3.8) is 0 Å². The number of rotatable bonds is 9. The summed E-state index contributed by atoms with van der Waals surface area (Å²) >= 11 is 0. The Labute approximate surface area is 230 Å². The van der Waals surface area contributed by atoms with Gasteiger partial charge in [-0.2, -0.15) is 0 Å². The average molecular weight is 532 g/mol. The van der Waals surface area contributed by atoms with Gasteiger partial charge in [-0.25, -0.2) is 0 Å². The second-order valence-electron chi connectivity index (χ2n) is 10.1. The van der Waals surface area contributed by atoms with E-state index in [1.165, 1.54) is 0 Å². The molecule has 4 rings (SSSR count). The molecule has 0 N–H and O–H groups in total. The molecule has 1 aromatic heterocycles. The summed E-state index contributed by atoms with van der Waals surface area (Å²) in [7, 11) is 3.21. The van der Waals surface area contributed by atoms with E-state index >= 15 is 0 Å². The fourth-order valence-electron chi connectivity index (χ4n) is 4.73. The lowest BCUT2D eigenvalue weighted by molar-refractivity contribution is -0.132. The topological polar surface area (TPSA) is 88.1 Å². The number of ether oxygens (including phenoxy) is 2. The highest BCUT2D eigenvalue weighted by Crippen LogP contribution is 2.31. The summed E-state index contributed by atoms with van der Waals surface area (Å²) in [5.41, 5.74) is 3.17. The number of hydrogen-bond donors (Lipinski definition) is 0. The number of nitrogens with zero attached hydrogens (tertiary/aromatic N) is 5. The van der Waals surface area contributed by atoms with Gasteiger partial charge in [0.15, 0.2) is 17.3 Å². The number of hydrogen-bond acceptors (Lipinski definition) is 7. The third-order valence-electron chi connectivity index (χ3n) is 6.86. The molecule has 2 heterocycles. The molecule has 0 bridgehead atoms. The zero-order valence-electron chi connectivity index (χ0n) is 23.4. The summed E-state index contributed by atoms with van der Waals surface area (Å²) in [5.74, 6) is 2.18. The molecule has 1 aliphatic rings. The van der Waals surface area contributed by atoms with Crippen LogP contribution in [0, 0.1) is 12.8 Å². The van der Waals surface area contributed by atoms with Crippen LogP contribution in [0.3, 0.4) is 0 Å². The van der Waals surface area contributed by atoms with Crippen LogP contribution >= 0.6 is 0 Å². The van der Waals surface area contributed by atoms with Gasteiger partial charge in [-0.3, -0.25) is 9.59 Å². The van der Waals surface area contributed by atoms with Crippen LogP contribution in [0.15, 0.2) is 54.6 Å². The van der Waals surface area contributed by atoms with Crippen molar-refractivity contribution in [2.45, 2.75) is 20.8 Å². The van der Waals surface area contributed by atoms with Crippen molar-refractivity contribution in [1.82, 2.24) is 20.0 Å². The number of anilines is 1. The van der Waals surface area contributed by atoms with Crippen molar-refractivity contribution in [2.75, 3.05) is 58.4 Å². The molecule has 206 valence electrons. The third kappa shape index (κ3) is 6.66. The number of aromatic nitrogens is 2. The highest BCUT2D eigenvalue weighted by molar-refractivity contribution is 5.97. The maximum Gasteiger partial charge on any atom is 0.254 e. The number of carbonyl (C=O) groups excluding carboxylic acids is 2. The lowest BCUT2D eigenvalue weighted by Crippen LogP contribution is -2.52. The van der Waals surface area contributed by atoms with E-state index in [9.17, 15) is 9.59 Å². The Morgan fingerprint density at radius 1 is 0.923 bits per heavy atom. The first-order valence-electron chi connectivity index (χ1n) is 13.2. The molecule has 0 spiro atoms. The van der Waals surface area contributed by atoms with Gasteiger partial charge >= 0.3 is 0 Å². The maximum atomic E-state index is 13.3. The summed E-state index contributed by atoms with van der Waals surface area (Å²) in [6.45, 7) is 9.05. The van der Waals surface area contributed by atoms with Crippen LogP contribution in [-0.4, -0.2) is 85.3 Å². The summed E-state index contributed by atoms with van der Waals surface area (Å²) in [6, 6.07) is 17.0. The van der Waals surface area contributed by atoms with E-state index in [4.69, 9.17) is 9.47 Å². The minimum Gasteiger partial charge on any atom is -0.493 e. The third-order valence-corrected chi connectivity index (χ3v) is 6.86. The predicted octanol–water partition coefficient (Wildman–Crippen LogP) is 3.92. The zero-order chi connectivity index (χ0) is 27.9. The van der Waals surface area contributed by atoms with Crippen molar-refractivity contribution >= 4 is 17.6 Å². The van der Waals surface area contributed by atoms with E-state index in [0.717, 1.165) is 22.6 Å². The second-order valence-corrected chi connectivity index (χ2v) is 10.1. The normalized spacial score (nSPS) is 13.4. The van der Waals surface area contributed by atoms with Crippen LogP contribution in [0.4, 0.5) is 5.82 Å². The zero-order valence-corrected chi connectivity index (χ0v) is 23.4. The van der Waals surface area contributed by atoms with Gasteiger partial charge in [0.25, 0.3) is 5.91 Å². The lowest BCUT2D eigenvalue weighted by Gasteiger charge is -2.36. The number of amides is 2. The molecule has 9 nitrogen and oxygen atoms in total. The average Bonchev–Trinajstić information content (AvgIpc) is 2.96. The molecular formula is C30H37N5O4. The predicted molar refractivity (Wildman–Crippen MR) is 151 cm³/mol. The van der Waals surface area contributed by atoms with Crippen LogP contribution in [-0.2, 0) is 4.79 Å². The van der Waals surface area contributed by atoms with Crippen LogP contribution in [0.25, 0.3) is 11.3 Å². The molecule has 2 amide bonds. The molecule has 3 aromatic rings. The highest BCUT2D eigenvalue weighted by atomic mass is 16.5. The van der Waals surface area contributed by atoms with E-state index in [2.05, 4.69) is 28.9 Å². The first kappa shape index (κ1) is 27.9. The molecule has 0 aliphatic carbocycles. The Hall–Kier alpha value is -4.14. The quantitative estimate of drug-likeness (QED) is 0.414. The maximum absolute atomic E-state index is 13.3. The largest absolute Gasteiger partial charge is 0.493 e. The van der Waals surface area contributed by atoms with E-state index in [1.54, 1.807) is 19.1 Å². The van der Waals surface area contributed by atoms with Crippen molar-refractivity contribution in [1.29, 1.82) is 0 Å². The SMILES string of the molecule is COc1ccc(-c2ccc(N3CCN(C(=O)CN(CC(C)C)C(=O)c4ccccc4C)CC3)nn2)cc1OC. The first-order valence-corrected chi connectivity index (χ1v) is 13.2. The molecule has 9 heteroatoms. The number of methoxy groups -OCH3 is 2. The van der Waals surface area contributed by atoms with Crippen LogP contribution in [0.2, 0.25) is 0 Å². The Morgan fingerprint density at radius 3 is 2.26 bits per heavy atom. The van der Waals surface area contributed by atoms with Crippen molar-refractivity contribution in [2.24, 2.45) is 5.92 Å². The standard InChI is InChI=1S/C30H37N5O4/c1-21(2)19-35(30(37)24-9-7-6-8-22(24)3)20-29(36)34-16-14-33(15-17-34)28-13-11-25(31-32-28)23-10-12-26(38-4)27(18-23)39-5/h6-13,18,21H,14-17,19-20H2,1-5H3. The highest BCUT2D eigenvalue weighted by Gasteiger charge is 2.27. The Morgan fingerprint density at radius 2 is 1.64 bits per heavy atom. The summed E-state index contributed by atoms with van der Waals surface area (Å²) < 4.78 is 10.7. The number of aryl methyl sites for hydroxylation is 1. The van der Waals surface area contributed by atoms with Gasteiger partial charge in [0.1, 0.15) is 6.54 Å². The van der Waals surface area contributed by atoms with Gasteiger partial charge in [0.2, 0.25) is 5.91 Å². The van der Waals surface area contributed by atoms with E-state index in [0.29, 0.717) is 49.8 Å². The van der Waals surface area contributed by atoms with Crippen molar-refractivity contribution in [3.05, 3.63) is 65.7 Å². The minimum atomic E-state index is -0.0985. The Bertz CT molecular complexity index is 1290. The minimum absolute atomic E-state index is 0.0351. The molecule has 2 aromatic carbocycles. The molecule has 39 heavy (non-hydrogen) atoms. The van der Waals surface area contributed by atoms with Gasteiger partial charge in [0.05, 0.1) is 19.9 Å². The van der Waals surface area contributed by atoms with Gasteiger partial charge in [-0.1, -0.05) is 32.0 Å². The number of benzene rings is 2. The molecule has 1 fully saturated rings. The van der Waals surface area contributed by atoms with Gasteiger partial charge < -0.3 is 24.2 Å². The van der Waals surface area contributed by atoms with Gasteiger partial charge in [-0.05, 0) is 54.8 Å². The Balaban J connectivity index is 1.37. The van der Waals surface area contributed by atoms with E-state index in [1.807, 2.05) is 66.4 Å². The summed E-state index contributed by atoms with van der Waals surface area (Å²) in [4.78, 5) is 32.1.